The van der Waals surface area contributed by atoms with E-state index in [0.717, 1.165) is 24.1 Å². The Morgan fingerprint density at radius 2 is 2.12 bits per heavy atom. The van der Waals surface area contributed by atoms with E-state index in [9.17, 15) is 0 Å². The van der Waals surface area contributed by atoms with Crippen molar-refractivity contribution in [3.63, 3.8) is 0 Å². The van der Waals surface area contributed by atoms with Gasteiger partial charge in [-0.25, -0.2) is 4.85 Å². The summed E-state index contributed by atoms with van der Waals surface area (Å²) in [6.07, 6.45) is 5.60. The smallest absolute Gasteiger partial charge is 0.187 e. The number of hydrogen-bond acceptors (Lipinski definition) is 1. The van der Waals surface area contributed by atoms with Crippen LogP contribution in [0, 0.1) is 12.0 Å². The van der Waals surface area contributed by atoms with E-state index >= 15 is 0 Å². The average Bonchev–Trinajstić information content (AvgIpc) is 2.30. The van der Waals surface area contributed by atoms with Gasteiger partial charge in [0, 0.05) is 5.69 Å². The van der Waals surface area contributed by atoms with E-state index in [0.29, 0.717) is 11.1 Å². The molecule has 0 saturated heterocycles. The zero-order valence-electron chi connectivity index (χ0n) is 10.5. The molecule has 1 aromatic rings. The molecule has 0 aliphatic heterocycles. The van der Waals surface area contributed by atoms with Crippen LogP contribution in [-0.2, 0) is 0 Å². The van der Waals surface area contributed by atoms with E-state index in [1.54, 1.807) is 6.07 Å². The summed E-state index contributed by atoms with van der Waals surface area (Å²) in [4.78, 5) is 3.46. The van der Waals surface area contributed by atoms with Crippen LogP contribution in [0.15, 0.2) is 24.3 Å². The monoisotopic (exact) mass is 226 g/mol. The van der Waals surface area contributed by atoms with Crippen LogP contribution >= 0.6 is 0 Å². The second-order valence-electron chi connectivity index (χ2n) is 5.48. The van der Waals surface area contributed by atoms with Gasteiger partial charge in [-0.2, -0.15) is 0 Å². The maximum atomic E-state index is 7.05. The lowest BCUT2D eigenvalue weighted by molar-refractivity contribution is 0.335. The summed E-state index contributed by atoms with van der Waals surface area (Å²) in [7, 11) is 0. The van der Waals surface area contributed by atoms with Crippen LogP contribution in [0.1, 0.15) is 38.7 Å². The third kappa shape index (κ3) is 2.50. The summed E-state index contributed by atoms with van der Waals surface area (Å²) in [6, 6.07) is 5.52. The highest BCUT2D eigenvalue weighted by molar-refractivity contribution is 5.78. The first kappa shape index (κ1) is 11.7. The Morgan fingerprint density at radius 3 is 2.71 bits per heavy atom. The summed E-state index contributed by atoms with van der Waals surface area (Å²) >= 11 is 0. The van der Waals surface area contributed by atoms with Gasteiger partial charge in [-0.1, -0.05) is 26.0 Å². The molecular weight excluding hydrogens is 208 g/mol. The summed E-state index contributed by atoms with van der Waals surface area (Å²) in [5.41, 5.74) is 10.2. The molecule has 2 N–H and O–H groups in total. The molecule has 0 spiro atoms. The Balaban J connectivity index is 2.36. The number of nitrogen functional groups attached to an aromatic ring is 1. The summed E-state index contributed by atoms with van der Waals surface area (Å²) in [6.45, 7) is 11.6. The van der Waals surface area contributed by atoms with E-state index in [1.165, 1.54) is 12.0 Å². The molecule has 0 amide bonds. The Hall–Kier alpha value is -1.75. The molecule has 0 fully saturated rings. The number of hydrogen-bond donors (Lipinski definition) is 1. The van der Waals surface area contributed by atoms with Gasteiger partial charge in [0.15, 0.2) is 5.69 Å². The highest BCUT2D eigenvalue weighted by Crippen LogP contribution is 2.40. The normalized spacial score (nSPS) is 18.3. The largest absolute Gasteiger partial charge is 0.398 e. The van der Waals surface area contributed by atoms with Gasteiger partial charge < -0.3 is 5.73 Å². The van der Waals surface area contributed by atoms with Gasteiger partial charge in [-0.15, -0.1) is 0 Å². The van der Waals surface area contributed by atoms with Crippen molar-refractivity contribution < 1.29 is 0 Å². The minimum atomic E-state index is 0.398. The Kier molecular flexibility index (Phi) is 2.93. The molecule has 88 valence electrons. The average molecular weight is 226 g/mol. The molecular formula is C15H18N2. The van der Waals surface area contributed by atoms with Crippen LogP contribution in [0.2, 0.25) is 0 Å². The SMILES string of the molecule is [C-]#[N+]c1ccc(N)c(C2=CCC(C)(C)CC2)c1. The van der Waals surface area contributed by atoms with Gasteiger partial charge in [0.25, 0.3) is 0 Å². The topological polar surface area (TPSA) is 30.4 Å². The van der Waals surface area contributed by atoms with Gasteiger partial charge in [-0.05, 0) is 47.9 Å². The fourth-order valence-electron chi connectivity index (χ4n) is 2.21. The zero-order valence-corrected chi connectivity index (χ0v) is 10.5. The first-order valence-electron chi connectivity index (χ1n) is 5.98. The first-order valence-corrected chi connectivity index (χ1v) is 5.98. The Morgan fingerprint density at radius 1 is 1.35 bits per heavy atom. The van der Waals surface area contributed by atoms with Gasteiger partial charge in [0.2, 0.25) is 0 Å². The first-order chi connectivity index (χ1) is 8.02. The molecule has 2 rings (SSSR count). The molecule has 1 aliphatic rings. The fourth-order valence-corrected chi connectivity index (χ4v) is 2.21. The van der Waals surface area contributed by atoms with Crippen LogP contribution < -0.4 is 5.73 Å². The Bertz CT molecular complexity index is 504. The fraction of sp³-hybridized carbons (Fsp3) is 0.400. The van der Waals surface area contributed by atoms with Crippen molar-refractivity contribution in [3.05, 3.63) is 41.3 Å². The van der Waals surface area contributed by atoms with E-state index in [4.69, 9.17) is 12.3 Å². The van der Waals surface area contributed by atoms with E-state index in [-0.39, 0.29) is 0 Å². The van der Waals surface area contributed by atoms with Crippen LogP contribution in [0.3, 0.4) is 0 Å². The molecule has 0 aromatic heterocycles. The molecule has 0 atom stereocenters. The van der Waals surface area contributed by atoms with E-state index < -0.39 is 0 Å². The number of benzene rings is 1. The molecule has 0 radical (unpaired) electrons. The molecule has 1 aromatic carbocycles. The minimum absolute atomic E-state index is 0.398. The lowest BCUT2D eigenvalue weighted by Crippen LogP contribution is -2.14. The lowest BCUT2D eigenvalue weighted by atomic mass is 9.77. The van der Waals surface area contributed by atoms with Crippen LogP contribution in [-0.4, -0.2) is 0 Å². The Labute approximate surface area is 103 Å². The molecule has 2 heteroatoms. The highest BCUT2D eigenvalue weighted by atomic mass is 14.6. The predicted octanol–water partition coefficient (Wildman–Crippen LogP) is 4.41. The van der Waals surface area contributed by atoms with Crippen molar-refractivity contribution in [2.24, 2.45) is 5.41 Å². The van der Waals surface area contributed by atoms with Crippen molar-refractivity contribution in [1.29, 1.82) is 0 Å². The van der Waals surface area contributed by atoms with E-state index in [1.807, 2.05) is 12.1 Å². The number of allylic oxidation sites excluding steroid dienone is 2. The van der Waals surface area contributed by atoms with Gasteiger partial charge in [0.05, 0.1) is 6.57 Å². The van der Waals surface area contributed by atoms with Crippen molar-refractivity contribution in [1.82, 2.24) is 0 Å². The molecule has 0 unspecified atom stereocenters. The van der Waals surface area contributed by atoms with Gasteiger partial charge in [0.1, 0.15) is 0 Å². The van der Waals surface area contributed by atoms with Crippen molar-refractivity contribution in [2.45, 2.75) is 33.1 Å². The number of rotatable bonds is 1. The summed E-state index contributed by atoms with van der Waals surface area (Å²) in [5.74, 6) is 0. The third-order valence-corrected chi connectivity index (χ3v) is 3.48. The molecule has 0 saturated carbocycles. The van der Waals surface area contributed by atoms with Crippen LogP contribution in [0.5, 0.6) is 0 Å². The number of nitrogens with zero attached hydrogens (tertiary/aromatic N) is 1. The van der Waals surface area contributed by atoms with Gasteiger partial charge in [-0.3, -0.25) is 0 Å². The highest BCUT2D eigenvalue weighted by Gasteiger charge is 2.22. The standard InChI is InChI=1S/C15H18N2/c1-15(2)8-6-11(7-9-15)13-10-12(17-3)4-5-14(13)16/h4-6,10H,7-9,16H2,1-2H3. The predicted molar refractivity (Wildman–Crippen MR) is 72.7 cm³/mol. The van der Waals surface area contributed by atoms with Gasteiger partial charge >= 0.3 is 0 Å². The molecule has 0 heterocycles. The molecule has 0 bridgehead atoms. The van der Waals surface area contributed by atoms with E-state index in [2.05, 4.69) is 24.8 Å². The quantitative estimate of drug-likeness (QED) is 0.558. The number of anilines is 1. The molecule has 17 heavy (non-hydrogen) atoms. The minimum Gasteiger partial charge on any atom is -0.398 e. The second-order valence-corrected chi connectivity index (χ2v) is 5.48. The zero-order chi connectivity index (χ0) is 12.5. The molecule has 2 nitrogen and oxygen atoms in total. The van der Waals surface area contributed by atoms with Crippen molar-refractivity contribution in [2.75, 3.05) is 5.73 Å². The summed E-state index contributed by atoms with van der Waals surface area (Å²) in [5, 5.41) is 0. The molecule has 1 aliphatic carbocycles. The van der Waals surface area contributed by atoms with Crippen molar-refractivity contribution >= 4 is 16.9 Å². The maximum absolute atomic E-state index is 7.05. The maximum Gasteiger partial charge on any atom is 0.187 e. The van der Waals surface area contributed by atoms with Crippen LogP contribution in [0.4, 0.5) is 11.4 Å². The number of nitrogens with two attached hydrogens (primary N) is 1. The van der Waals surface area contributed by atoms with Crippen molar-refractivity contribution in [3.8, 4) is 0 Å². The van der Waals surface area contributed by atoms with Crippen LogP contribution in [0.25, 0.3) is 10.4 Å². The summed E-state index contributed by atoms with van der Waals surface area (Å²) < 4.78 is 0. The lowest BCUT2D eigenvalue weighted by Gasteiger charge is -2.29. The third-order valence-electron chi connectivity index (χ3n) is 3.48. The second kappa shape index (κ2) is 4.25.